The summed E-state index contributed by atoms with van der Waals surface area (Å²) in [6, 6.07) is 6.57. The van der Waals surface area contributed by atoms with Gasteiger partial charge in [0.05, 0.1) is 13.2 Å². The molecule has 2 heterocycles. The lowest BCUT2D eigenvalue weighted by Gasteiger charge is -2.27. The molecule has 0 unspecified atom stereocenters. The fourth-order valence-corrected chi connectivity index (χ4v) is 3.31. The Bertz CT molecular complexity index is 822. The highest BCUT2D eigenvalue weighted by Gasteiger charge is 2.12. The molecule has 0 bridgehead atoms. The largest absolute Gasteiger partial charge is 0.379 e. The van der Waals surface area contributed by atoms with Gasteiger partial charge in [0.1, 0.15) is 18.2 Å². The molecule has 2 aromatic rings. The van der Waals surface area contributed by atoms with Crippen LogP contribution in [0, 0.1) is 12.7 Å². The molecule has 1 aliphatic rings. The first-order valence-electron chi connectivity index (χ1n) is 10.4. The van der Waals surface area contributed by atoms with E-state index < -0.39 is 0 Å². The van der Waals surface area contributed by atoms with E-state index in [-0.39, 0.29) is 29.8 Å². The first kappa shape index (κ1) is 25.5. The Morgan fingerprint density at radius 3 is 2.58 bits per heavy atom. The summed E-state index contributed by atoms with van der Waals surface area (Å²) in [5.74, 6) is 2.24. The number of hydrogen-bond acceptors (Lipinski definition) is 5. The third kappa shape index (κ3) is 8.00. The van der Waals surface area contributed by atoms with Crippen LogP contribution in [0.4, 0.5) is 4.39 Å². The monoisotopic (exact) mass is 545 g/mol. The van der Waals surface area contributed by atoms with Crippen LogP contribution in [-0.4, -0.2) is 77.0 Å². The van der Waals surface area contributed by atoms with Gasteiger partial charge < -0.3 is 19.5 Å². The van der Waals surface area contributed by atoms with Crippen molar-refractivity contribution >= 4 is 29.9 Å². The van der Waals surface area contributed by atoms with Crippen LogP contribution < -0.4 is 5.32 Å². The number of halogens is 2. The lowest BCUT2D eigenvalue weighted by atomic mass is 10.2. The SMILES string of the molecule is Cc1nnc(CN=C(NCCCN2CCOCC2)N(C)Cc2ccc(F)cc2)n1C.I. The maximum atomic E-state index is 13.2. The summed E-state index contributed by atoms with van der Waals surface area (Å²) >= 11 is 0. The first-order valence-corrected chi connectivity index (χ1v) is 10.4. The Morgan fingerprint density at radius 2 is 1.94 bits per heavy atom. The van der Waals surface area contributed by atoms with Crippen molar-refractivity contribution < 1.29 is 9.13 Å². The van der Waals surface area contributed by atoms with E-state index >= 15 is 0 Å². The Labute approximate surface area is 200 Å². The summed E-state index contributed by atoms with van der Waals surface area (Å²) in [7, 11) is 3.93. The molecule has 31 heavy (non-hydrogen) atoms. The molecule has 1 aromatic heterocycles. The van der Waals surface area contributed by atoms with E-state index in [0.717, 1.165) is 69.0 Å². The number of aliphatic imine (C=N–C) groups is 1. The molecular weight excluding hydrogens is 512 g/mol. The third-order valence-electron chi connectivity index (χ3n) is 5.29. The molecule has 1 aliphatic heterocycles. The maximum absolute atomic E-state index is 13.2. The molecule has 0 amide bonds. The third-order valence-corrected chi connectivity index (χ3v) is 5.29. The maximum Gasteiger partial charge on any atom is 0.194 e. The number of aryl methyl sites for hydroxylation is 1. The van der Waals surface area contributed by atoms with E-state index in [9.17, 15) is 4.39 Å². The van der Waals surface area contributed by atoms with Crippen molar-refractivity contribution in [2.75, 3.05) is 46.4 Å². The average molecular weight is 545 g/mol. The molecule has 0 spiro atoms. The van der Waals surface area contributed by atoms with Gasteiger partial charge >= 0.3 is 0 Å². The zero-order valence-electron chi connectivity index (χ0n) is 18.6. The highest BCUT2D eigenvalue weighted by atomic mass is 127. The Morgan fingerprint density at radius 1 is 1.23 bits per heavy atom. The number of hydrogen-bond donors (Lipinski definition) is 1. The quantitative estimate of drug-likeness (QED) is 0.238. The molecule has 8 nitrogen and oxygen atoms in total. The van der Waals surface area contributed by atoms with Crippen molar-refractivity contribution in [2.24, 2.45) is 12.0 Å². The number of ether oxygens (including phenoxy) is 1. The van der Waals surface area contributed by atoms with Crippen LogP contribution in [0.3, 0.4) is 0 Å². The zero-order chi connectivity index (χ0) is 21.3. The minimum Gasteiger partial charge on any atom is -0.379 e. The average Bonchev–Trinajstić information content (AvgIpc) is 3.07. The number of morpholine rings is 1. The van der Waals surface area contributed by atoms with E-state index in [1.807, 2.05) is 30.5 Å². The fourth-order valence-electron chi connectivity index (χ4n) is 3.31. The Balaban J connectivity index is 0.00000341. The molecule has 0 aliphatic carbocycles. The molecule has 1 saturated heterocycles. The molecular formula is C21H33FIN7O. The van der Waals surface area contributed by atoms with Crippen LogP contribution in [0.15, 0.2) is 29.3 Å². The highest BCUT2D eigenvalue weighted by Crippen LogP contribution is 2.07. The van der Waals surface area contributed by atoms with Gasteiger partial charge in [-0.15, -0.1) is 34.2 Å². The van der Waals surface area contributed by atoms with Gasteiger partial charge in [0.2, 0.25) is 0 Å². The number of nitrogens with one attached hydrogen (secondary N) is 1. The highest BCUT2D eigenvalue weighted by molar-refractivity contribution is 14.0. The molecule has 1 N–H and O–H groups in total. The van der Waals surface area contributed by atoms with Gasteiger partial charge in [0.15, 0.2) is 11.8 Å². The number of rotatable bonds is 8. The molecule has 172 valence electrons. The second-order valence-corrected chi connectivity index (χ2v) is 7.58. The van der Waals surface area contributed by atoms with E-state index in [4.69, 9.17) is 9.73 Å². The van der Waals surface area contributed by atoms with E-state index in [2.05, 4.69) is 20.4 Å². The van der Waals surface area contributed by atoms with Crippen molar-refractivity contribution in [1.82, 2.24) is 29.9 Å². The van der Waals surface area contributed by atoms with Gasteiger partial charge in [0, 0.05) is 40.3 Å². The summed E-state index contributed by atoms with van der Waals surface area (Å²) in [5.41, 5.74) is 1.02. The zero-order valence-corrected chi connectivity index (χ0v) is 20.9. The minimum atomic E-state index is -0.228. The molecule has 1 fully saturated rings. The lowest BCUT2D eigenvalue weighted by molar-refractivity contribution is 0.0375. The number of aromatic nitrogens is 3. The standard InChI is InChI=1S/C21H32FN7O.HI/c1-17-25-26-20(28(17)3)15-24-21(23-9-4-10-29-11-13-30-14-12-29)27(2)16-18-5-7-19(22)8-6-18;/h5-8H,4,9-16H2,1-3H3,(H,23,24);1H. The lowest BCUT2D eigenvalue weighted by Crippen LogP contribution is -2.41. The predicted molar refractivity (Wildman–Crippen MR) is 130 cm³/mol. The summed E-state index contributed by atoms with van der Waals surface area (Å²) in [5, 5.41) is 11.8. The van der Waals surface area contributed by atoms with Crippen molar-refractivity contribution in [3.05, 3.63) is 47.3 Å². The number of nitrogens with zero attached hydrogens (tertiary/aromatic N) is 6. The smallest absolute Gasteiger partial charge is 0.194 e. The molecule has 10 heteroatoms. The van der Waals surface area contributed by atoms with Crippen molar-refractivity contribution in [3.8, 4) is 0 Å². The number of guanidine groups is 1. The van der Waals surface area contributed by atoms with Gasteiger partial charge in [-0.2, -0.15) is 0 Å². The second kappa shape index (κ2) is 12.9. The summed E-state index contributed by atoms with van der Waals surface area (Å²) in [6.07, 6.45) is 1.02. The van der Waals surface area contributed by atoms with Crippen LogP contribution in [0.5, 0.6) is 0 Å². The summed E-state index contributed by atoms with van der Waals surface area (Å²) in [4.78, 5) is 9.24. The molecule has 3 rings (SSSR count). The van der Waals surface area contributed by atoms with Crippen molar-refractivity contribution in [2.45, 2.75) is 26.4 Å². The van der Waals surface area contributed by atoms with Crippen molar-refractivity contribution in [3.63, 3.8) is 0 Å². The van der Waals surface area contributed by atoms with Crippen LogP contribution >= 0.6 is 24.0 Å². The fraction of sp³-hybridized carbons (Fsp3) is 0.571. The number of benzene rings is 1. The molecule has 0 atom stereocenters. The van der Waals surface area contributed by atoms with Gasteiger partial charge in [0.25, 0.3) is 0 Å². The Hall–Kier alpha value is -1.79. The van der Waals surface area contributed by atoms with E-state index in [1.54, 1.807) is 12.1 Å². The van der Waals surface area contributed by atoms with Crippen LogP contribution in [0.2, 0.25) is 0 Å². The van der Waals surface area contributed by atoms with E-state index in [0.29, 0.717) is 13.1 Å². The van der Waals surface area contributed by atoms with Crippen LogP contribution in [0.25, 0.3) is 0 Å². The molecule has 1 aromatic carbocycles. The first-order chi connectivity index (χ1) is 14.5. The topological polar surface area (TPSA) is 70.8 Å². The van der Waals surface area contributed by atoms with Crippen LogP contribution in [-0.2, 0) is 24.9 Å². The Kier molecular flexibility index (Phi) is 10.6. The predicted octanol–water partition coefficient (Wildman–Crippen LogP) is 2.18. The normalized spacial score (nSPS) is 14.9. The van der Waals surface area contributed by atoms with E-state index in [1.165, 1.54) is 12.1 Å². The molecule has 0 saturated carbocycles. The molecule has 0 radical (unpaired) electrons. The minimum absolute atomic E-state index is 0. The summed E-state index contributed by atoms with van der Waals surface area (Å²) in [6.45, 7) is 8.48. The van der Waals surface area contributed by atoms with Crippen molar-refractivity contribution in [1.29, 1.82) is 0 Å². The van der Waals surface area contributed by atoms with Crippen LogP contribution in [0.1, 0.15) is 23.6 Å². The summed E-state index contributed by atoms with van der Waals surface area (Å²) < 4.78 is 20.6. The van der Waals surface area contributed by atoms with Gasteiger partial charge in [-0.3, -0.25) is 4.90 Å². The van der Waals surface area contributed by atoms with Gasteiger partial charge in [-0.05, 0) is 37.6 Å². The second-order valence-electron chi connectivity index (χ2n) is 7.58. The van der Waals surface area contributed by atoms with Gasteiger partial charge in [-0.1, -0.05) is 12.1 Å². The van der Waals surface area contributed by atoms with Gasteiger partial charge in [-0.25, -0.2) is 9.38 Å².